The number of aliphatic hydroxyl groups is 1. The summed E-state index contributed by atoms with van der Waals surface area (Å²) in [6, 6.07) is 2.81. The Bertz CT molecular complexity index is 302. The summed E-state index contributed by atoms with van der Waals surface area (Å²) in [6.07, 6.45) is 0.903. The molecule has 0 heterocycles. The van der Waals surface area contributed by atoms with Gasteiger partial charge in [0.25, 0.3) is 0 Å². The van der Waals surface area contributed by atoms with Crippen molar-refractivity contribution < 1.29 is 14.6 Å². The lowest BCUT2D eigenvalue weighted by Gasteiger charge is -2.04. The fraction of sp³-hybridized carbons (Fsp3) is 0.333. The third kappa shape index (κ3) is 2.32. The van der Waals surface area contributed by atoms with Crippen LogP contribution in [0, 0.1) is 5.82 Å². The van der Waals surface area contributed by atoms with Crippen LogP contribution in [0.3, 0.4) is 0 Å². The maximum absolute atomic E-state index is 13.2. The van der Waals surface area contributed by atoms with Crippen LogP contribution < -0.4 is 0 Å². The van der Waals surface area contributed by atoms with Gasteiger partial charge >= 0.3 is 0 Å². The first-order chi connectivity index (χ1) is 6.16. The smallest absolute Gasteiger partial charge is 0.148 e. The van der Waals surface area contributed by atoms with Crippen molar-refractivity contribution in [3.8, 4) is 5.75 Å². The summed E-state index contributed by atoms with van der Waals surface area (Å²) in [5.74, 6) is -0.859. The first-order valence-electron chi connectivity index (χ1n) is 3.93. The molecule has 0 saturated carbocycles. The van der Waals surface area contributed by atoms with Gasteiger partial charge in [-0.3, -0.25) is 0 Å². The SMILES string of the molecule is OCCCc1ccc(O)c(Cl)c1F. The highest BCUT2D eigenvalue weighted by Gasteiger charge is 2.09. The Morgan fingerprint density at radius 3 is 2.69 bits per heavy atom. The zero-order valence-electron chi connectivity index (χ0n) is 6.93. The molecule has 1 aromatic rings. The average Bonchev–Trinajstić information content (AvgIpc) is 2.13. The molecule has 13 heavy (non-hydrogen) atoms. The lowest BCUT2D eigenvalue weighted by molar-refractivity contribution is 0.288. The predicted molar refractivity (Wildman–Crippen MR) is 48.5 cm³/mol. The van der Waals surface area contributed by atoms with Gasteiger partial charge < -0.3 is 10.2 Å². The summed E-state index contributed by atoms with van der Waals surface area (Å²) < 4.78 is 13.2. The van der Waals surface area contributed by atoms with E-state index in [1.54, 1.807) is 0 Å². The molecule has 0 unspecified atom stereocenters. The molecule has 1 aromatic carbocycles. The van der Waals surface area contributed by atoms with Gasteiger partial charge in [0.2, 0.25) is 0 Å². The number of aryl methyl sites for hydroxylation is 1. The van der Waals surface area contributed by atoms with E-state index in [1.165, 1.54) is 12.1 Å². The summed E-state index contributed by atoms with van der Waals surface area (Å²) in [6.45, 7) is 0.0118. The van der Waals surface area contributed by atoms with Gasteiger partial charge in [0.15, 0.2) is 0 Å². The summed E-state index contributed by atoms with van der Waals surface area (Å²) in [7, 11) is 0. The summed E-state index contributed by atoms with van der Waals surface area (Å²) in [5, 5.41) is 17.3. The van der Waals surface area contributed by atoms with E-state index in [4.69, 9.17) is 21.8 Å². The van der Waals surface area contributed by atoms with Gasteiger partial charge in [-0.15, -0.1) is 0 Å². The van der Waals surface area contributed by atoms with Crippen LogP contribution in [0.5, 0.6) is 5.75 Å². The van der Waals surface area contributed by atoms with Crippen LogP contribution in [0.2, 0.25) is 5.02 Å². The number of halogens is 2. The summed E-state index contributed by atoms with van der Waals surface area (Å²) in [4.78, 5) is 0. The molecule has 0 aliphatic rings. The fourth-order valence-electron chi connectivity index (χ4n) is 1.04. The second kappa shape index (κ2) is 4.44. The number of benzene rings is 1. The molecule has 0 atom stereocenters. The largest absolute Gasteiger partial charge is 0.506 e. The van der Waals surface area contributed by atoms with Crippen LogP contribution in [0.1, 0.15) is 12.0 Å². The fourth-order valence-corrected chi connectivity index (χ4v) is 1.23. The van der Waals surface area contributed by atoms with Crippen molar-refractivity contribution in [3.05, 3.63) is 28.5 Å². The van der Waals surface area contributed by atoms with E-state index >= 15 is 0 Å². The molecule has 2 nitrogen and oxygen atoms in total. The molecule has 0 amide bonds. The Kier molecular flexibility index (Phi) is 3.51. The highest BCUT2D eigenvalue weighted by atomic mass is 35.5. The van der Waals surface area contributed by atoms with Crippen molar-refractivity contribution in [1.29, 1.82) is 0 Å². The molecule has 1 rings (SSSR count). The molecule has 4 heteroatoms. The van der Waals surface area contributed by atoms with Crippen LogP contribution in [-0.2, 0) is 6.42 Å². The van der Waals surface area contributed by atoms with Crippen molar-refractivity contribution in [3.63, 3.8) is 0 Å². The van der Waals surface area contributed by atoms with Gasteiger partial charge in [-0.1, -0.05) is 17.7 Å². The second-order valence-electron chi connectivity index (χ2n) is 2.70. The predicted octanol–water partition coefficient (Wildman–Crippen LogP) is 2.11. The van der Waals surface area contributed by atoms with Crippen LogP contribution in [0.4, 0.5) is 4.39 Å². The van der Waals surface area contributed by atoms with E-state index in [1.807, 2.05) is 0 Å². The Hall–Kier alpha value is -0.800. The average molecular weight is 205 g/mol. The number of hydrogen-bond donors (Lipinski definition) is 2. The van der Waals surface area contributed by atoms with E-state index in [2.05, 4.69) is 0 Å². The van der Waals surface area contributed by atoms with E-state index in [0.29, 0.717) is 18.4 Å². The van der Waals surface area contributed by atoms with Crippen LogP contribution in [-0.4, -0.2) is 16.8 Å². The van der Waals surface area contributed by atoms with Crippen molar-refractivity contribution in [2.24, 2.45) is 0 Å². The lowest BCUT2D eigenvalue weighted by Crippen LogP contribution is -1.94. The van der Waals surface area contributed by atoms with Crippen LogP contribution in [0.25, 0.3) is 0 Å². The molecule has 0 aliphatic heterocycles. The van der Waals surface area contributed by atoms with Crippen molar-refractivity contribution >= 4 is 11.6 Å². The third-order valence-corrected chi connectivity index (χ3v) is 2.11. The second-order valence-corrected chi connectivity index (χ2v) is 3.08. The van der Waals surface area contributed by atoms with Crippen molar-refractivity contribution in [2.45, 2.75) is 12.8 Å². The third-order valence-electron chi connectivity index (χ3n) is 1.75. The Labute approximate surface area is 80.6 Å². The van der Waals surface area contributed by atoms with Gasteiger partial charge in [0, 0.05) is 6.61 Å². The van der Waals surface area contributed by atoms with Crippen LogP contribution in [0.15, 0.2) is 12.1 Å². The minimum absolute atomic E-state index is 0.0118. The number of rotatable bonds is 3. The number of phenolic OH excluding ortho intramolecular Hbond substituents is 1. The van der Waals surface area contributed by atoms with E-state index in [9.17, 15) is 4.39 Å². The summed E-state index contributed by atoms with van der Waals surface area (Å²) >= 11 is 5.47. The standard InChI is InChI=1S/C9H10ClFO2/c10-8-7(13)4-3-6(9(8)11)2-1-5-12/h3-4,12-13H,1-2,5H2. The monoisotopic (exact) mass is 204 g/mol. The van der Waals surface area contributed by atoms with Gasteiger partial charge in [-0.25, -0.2) is 4.39 Å². The minimum atomic E-state index is -0.602. The summed E-state index contributed by atoms with van der Waals surface area (Å²) in [5.41, 5.74) is 0.414. The highest BCUT2D eigenvalue weighted by molar-refractivity contribution is 6.32. The lowest BCUT2D eigenvalue weighted by atomic mass is 10.1. The first kappa shape index (κ1) is 10.3. The normalized spacial score (nSPS) is 10.4. The molecule has 0 spiro atoms. The van der Waals surface area contributed by atoms with E-state index < -0.39 is 5.82 Å². The molecule has 2 N–H and O–H groups in total. The number of aliphatic hydroxyl groups excluding tert-OH is 1. The number of aromatic hydroxyl groups is 1. The van der Waals surface area contributed by atoms with Crippen molar-refractivity contribution in [1.82, 2.24) is 0 Å². The molecule has 0 fully saturated rings. The van der Waals surface area contributed by atoms with Gasteiger partial charge in [-0.2, -0.15) is 0 Å². The molecular weight excluding hydrogens is 195 g/mol. The Morgan fingerprint density at radius 2 is 2.08 bits per heavy atom. The molecule has 0 aliphatic carbocycles. The molecule has 0 bridgehead atoms. The van der Waals surface area contributed by atoms with E-state index in [0.717, 1.165) is 0 Å². The maximum atomic E-state index is 13.2. The molecule has 72 valence electrons. The number of hydrogen-bond acceptors (Lipinski definition) is 2. The van der Waals surface area contributed by atoms with Crippen molar-refractivity contribution in [2.75, 3.05) is 6.61 Å². The molecule has 0 radical (unpaired) electrons. The van der Waals surface area contributed by atoms with Gasteiger partial charge in [-0.05, 0) is 24.5 Å². The first-order valence-corrected chi connectivity index (χ1v) is 4.31. The topological polar surface area (TPSA) is 40.5 Å². The van der Waals surface area contributed by atoms with Gasteiger partial charge in [0.05, 0.1) is 0 Å². The van der Waals surface area contributed by atoms with Gasteiger partial charge in [0.1, 0.15) is 16.6 Å². The zero-order chi connectivity index (χ0) is 9.84. The van der Waals surface area contributed by atoms with E-state index in [-0.39, 0.29) is 17.4 Å². The van der Waals surface area contributed by atoms with Crippen LogP contribution >= 0.6 is 11.6 Å². The quantitative estimate of drug-likeness (QED) is 0.792. The Morgan fingerprint density at radius 1 is 1.38 bits per heavy atom. The Balaban J connectivity index is 2.90. The zero-order valence-corrected chi connectivity index (χ0v) is 7.68. The molecular formula is C9H10ClFO2. The highest BCUT2D eigenvalue weighted by Crippen LogP contribution is 2.28. The molecule has 0 saturated heterocycles. The number of phenols is 1. The maximum Gasteiger partial charge on any atom is 0.148 e. The minimum Gasteiger partial charge on any atom is -0.506 e. The molecule has 0 aromatic heterocycles.